The molecule has 0 atom stereocenters. The van der Waals surface area contributed by atoms with E-state index >= 15 is 0 Å². The van der Waals surface area contributed by atoms with Crippen LogP contribution in [0.2, 0.25) is 0 Å². The van der Waals surface area contributed by atoms with Crippen LogP contribution in [0.3, 0.4) is 0 Å². The third kappa shape index (κ3) is 4.66. The van der Waals surface area contributed by atoms with Crippen LogP contribution in [0.4, 0.5) is 0 Å². The van der Waals surface area contributed by atoms with Crippen LogP contribution in [0.5, 0.6) is 5.75 Å². The molecule has 2 aliphatic rings. The van der Waals surface area contributed by atoms with Gasteiger partial charge in [-0.25, -0.2) is 0 Å². The lowest BCUT2D eigenvalue weighted by atomic mass is 9.97. The normalized spacial score (nSPS) is 18.3. The lowest BCUT2D eigenvalue weighted by Crippen LogP contribution is -2.41. The number of ether oxygens (including phenoxy) is 1. The molecule has 1 aromatic rings. The third-order valence-electron chi connectivity index (χ3n) is 5.37. The Morgan fingerprint density at radius 1 is 1.31 bits per heavy atom. The lowest BCUT2D eigenvalue weighted by Gasteiger charge is -2.31. The van der Waals surface area contributed by atoms with E-state index in [0.717, 1.165) is 44.6 Å². The molecule has 1 saturated heterocycles. The Kier molecular flexibility index (Phi) is 5.98. The Morgan fingerprint density at radius 3 is 2.77 bits per heavy atom. The van der Waals surface area contributed by atoms with Gasteiger partial charge < -0.3 is 20.7 Å². The minimum absolute atomic E-state index is 0.0772. The molecule has 142 valence electrons. The van der Waals surface area contributed by atoms with Crippen molar-refractivity contribution in [3.8, 4) is 5.75 Å². The number of guanidine groups is 1. The second kappa shape index (κ2) is 8.40. The van der Waals surface area contributed by atoms with Crippen LogP contribution in [-0.4, -0.2) is 61.5 Å². The van der Waals surface area contributed by atoms with Gasteiger partial charge in [-0.15, -0.1) is 0 Å². The van der Waals surface area contributed by atoms with Crippen LogP contribution in [0.15, 0.2) is 18.2 Å². The van der Waals surface area contributed by atoms with Crippen molar-refractivity contribution in [3.05, 3.63) is 29.3 Å². The van der Waals surface area contributed by atoms with Gasteiger partial charge in [0.1, 0.15) is 5.75 Å². The maximum Gasteiger partial charge on any atom is 0.233 e. The molecule has 0 aromatic heterocycles. The quantitative estimate of drug-likeness (QED) is 0.533. The number of likely N-dealkylation sites (tertiary alicyclic amines) is 1. The second-order valence-electron chi connectivity index (χ2n) is 7.19. The largest absolute Gasteiger partial charge is 0.493 e. The number of benzene rings is 1. The van der Waals surface area contributed by atoms with E-state index in [4.69, 9.17) is 15.9 Å². The fourth-order valence-electron chi connectivity index (χ4n) is 3.64. The number of nitrogens with two attached hydrogens (primary N) is 1. The summed E-state index contributed by atoms with van der Waals surface area (Å²) < 4.78 is 6.04. The Balaban J connectivity index is 1.48. The van der Waals surface area contributed by atoms with Gasteiger partial charge in [0.2, 0.25) is 5.91 Å². The van der Waals surface area contributed by atoms with Crippen molar-refractivity contribution < 1.29 is 9.53 Å². The first-order valence-electron chi connectivity index (χ1n) is 9.31. The van der Waals surface area contributed by atoms with Crippen LogP contribution in [0, 0.1) is 11.3 Å². The zero-order valence-corrected chi connectivity index (χ0v) is 15.5. The van der Waals surface area contributed by atoms with Crippen LogP contribution < -0.4 is 15.8 Å². The smallest absolute Gasteiger partial charge is 0.233 e. The zero-order chi connectivity index (χ0) is 18.5. The van der Waals surface area contributed by atoms with Gasteiger partial charge in [-0.1, -0.05) is 6.07 Å². The summed E-state index contributed by atoms with van der Waals surface area (Å²) in [5, 5.41) is 10.3. The third-order valence-corrected chi connectivity index (χ3v) is 5.37. The van der Waals surface area contributed by atoms with Crippen LogP contribution in [0.1, 0.15) is 24.0 Å². The fraction of sp³-hybridized carbons (Fsp3) is 0.579. The molecule has 1 amide bonds. The van der Waals surface area contributed by atoms with Crippen molar-refractivity contribution in [2.45, 2.75) is 25.8 Å². The van der Waals surface area contributed by atoms with Crippen molar-refractivity contribution in [3.63, 3.8) is 0 Å². The SMILES string of the molecule is CNC(=O)CN1CCC(COc2ccc3c(c2)CN(C(=N)N)CC3)CC1. The molecule has 3 rings (SSSR count). The molecule has 0 spiro atoms. The molecule has 2 aliphatic heterocycles. The van der Waals surface area contributed by atoms with Gasteiger partial charge in [0.05, 0.1) is 13.2 Å². The summed E-state index contributed by atoms with van der Waals surface area (Å²) >= 11 is 0. The first-order valence-corrected chi connectivity index (χ1v) is 9.31. The first kappa shape index (κ1) is 18.5. The number of nitrogens with zero attached hydrogens (tertiary/aromatic N) is 2. The number of likely N-dealkylation sites (N-methyl/N-ethyl adjacent to an activating group) is 1. The first-order chi connectivity index (χ1) is 12.5. The van der Waals surface area contributed by atoms with Gasteiger partial charge in [0.15, 0.2) is 5.96 Å². The molecule has 2 heterocycles. The number of piperidine rings is 1. The van der Waals surface area contributed by atoms with E-state index in [0.29, 0.717) is 25.6 Å². The highest BCUT2D eigenvalue weighted by atomic mass is 16.5. The zero-order valence-electron chi connectivity index (χ0n) is 15.5. The Morgan fingerprint density at radius 2 is 2.08 bits per heavy atom. The number of rotatable bonds is 5. The van der Waals surface area contributed by atoms with E-state index in [1.807, 2.05) is 11.0 Å². The molecule has 26 heavy (non-hydrogen) atoms. The summed E-state index contributed by atoms with van der Waals surface area (Å²) in [6, 6.07) is 6.27. The molecule has 0 bridgehead atoms. The molecule has 0 aliphatic carbocycles. The summed E-state index contributed by atoms with van der Waals surface area (Å²) in [6.45, 7) is 4.57. The van der Waals surface area contributed by atoms with Gasteiger partial charge >= 0.3 is 0 Å². The van der Waals surface area contributed by atoms with E-state index in [9.17, 15) is 4.79 Å². The van der Waals surface area contributed by atoms with E-state index in [1.165, 1.54) is 11.1 Å². The summed E-state index contributed by atoms with van der Waals surface area (Å²) in [5.41, 5.74) is 8.13. The van der Waals surface area contributed by atoms with Crippen molar-refractivity contribution >= 4 is 11.9 Å². The lowest BCUT2D eigenvalue weighted by molar-refractivity contribution is -0.122. The average Bonchev–Trinajstić information content (AvgIpc) is 2.66. The molecule has 1 fully saturated rings. The summed E-state index contributed by atoms with van der Waals surface area (Å²) in [7, 11) is 1.68. The minimum Gasteiger partial charge on any atom is -0.493 e. The number of carbonyl (C=O) groups excluding carboxylic acids is 1. The molecular formula is C19H29N5O2. The second-order valence-corrected chi connectivity index (χ2v) is 7.19. The predicted molar refractivity (Wildman–Crippen MR) is 101 cm³/mol. The van der Waals surface area contributed by atoms with Gasteiger partial charge in [0.25, 0.3) is 0 Å². The van der Waals surface area contributed by atoms with Gasteiger partial charge in [0, 0.05) is 20.1 Å². The van der Waals surface area contributed by atoms with Crippen LogP contribution in [0.25, 0.3) is 0 Å². The monoisotopic (exact) mass is 359 g/mol. The van der Waals surface area contributed by atoms with Crippen LogP contribution >= 0.6 is 0 Å². The molecule has 1 aromatic carbocycles. The number of hydrogen-bond donors (Lipinski definition) is 3. The molecule has 0 saturated carbocycles. The van der Waals surface area contributed by atoms with Gasteiger partial charge in [-0.2, -0.15) is 0 Å². The summed E-state index contributed by atoms with van der Waals surface area (Å²) in [4.78, 5) is 15.5. The molecule has 0 unspecified atom stereocenters. The molecule has 0 radical (unpaired) electrons. The Bertz CT molecular complexity index is 655. The van der Waals surface area contributed by atoms with Gasteiger partial charge in [-0.05, 0) is 61.5 Å². The molecular weight excluding hydrogens is 330 g/mol. The van der Waals surface area contributed by atoms with E-state index < -0.39 is 0 Å². The number of hydrogen-bond acceptors (Lipinski definition) is 4. The minimum atomic E-state index is 0.0772. The molecule has 7 heteroatoms. The highest BCUT2D eigenvalue weighted by Crippen LogP contribution is 2.25. The average molecular weight is 359 g/mol. The number of fused-ring (bicyclic) bond motifs is 1. The number of amides is 1. The fourth-order valence-corrected chi connectivity index (χ4v) is 3.64. The molecule has 4 N–H and O–H groups in total. The summed E-state index contributed by atoms with van der Waals surface area (Å²) in [5.74, 6) is 1.63. The Hall–Kier alpha value is -2.28. The topological polar surface area (TPSA) is 94.7 Å². The standard InChI is InChI=1S/C19H29N5O2/c1-22-18(25)12-23-7-4-14(5-8-23)13-26-17-3-2-15-6-9-24(19(20)21)11-16(15)10-17/h2-3,10,14H,4-9,11-13H2,1H3,(H3,20,21)(H,22,25). The Labute approximate surface area is 155 Å². The van der Waals surface area contributed by atoms with E-state index in [1.54, 1.807) is 7.05 Å². The van der Waals surface area contributed by atoms with Crippen molar-refractivity contribution in [1.29, 1.82) is 5.41 Å². The van der Waals surface area contributed by atoms with E-state index in [2.05, 4.69) is 22.3 Å². The highest BCUT2D eigenvalue weighted by molar-refractivity contribution is 5.77. The van der Waals surface area contributed by atoms with Crippen molar-refractivity contribution in [2.75, 3.05) is 39.8 Å². The molecule has 7 nitrogen and oxygen atoms in total. The maximum absolute atomic E-state index is 11.5. The number of nitrogens with one attached hydrogen (secondary N) is 2. The maximum atomic E-state index is 11.5. The summed E-state index contributed by atoms with van der Waals surface area (Å²) in [6.07, 6.45) is 3.03. The van der Waals surface area contributed by atoms with E-state index in [-0.39, 0.29) is 11.9 Å². The highest BCUT2D eigenvalue weighted by Gasteiger charge is 2.22. The van der Waals surface area contributed by atoms with Crippen molar-refractivity contribution in [2.24, 2.45) is 11.7 Å². The number of carbonyl (C=O) groups is 1. The van der Waals surface area contributed by atoms with Gasteiger partial charge in [-0.3, -0.25) is 15.1 Å². The van der Waals surface area contributed by atoms with Crippen molar-refractivity contribution in [1.82, 2.24) is 15.1 Å². The van der Waals surface area contributed by atoms with Crippen LogP contribution in [-0.2, 0) is 17.8 Å². The predicted octanol–water partition coefficient (Wildman–Crippen LogP) is 0.775.